The van der Waals surface area contributed by atoms with Crippen LogP contribution in [0.3, 0.4) is 0 Å². The van der Waals surface area contributed by atoms with Crippen molar-refractivity contribution in [2.45, 2.75) is 6.42 Å². The van der Waals surface area contributed by atoms with E-state index in [9.17, 15) is 4.79 Å². The molecule has 1 N–H and O–H groups in total. The van der Waals surface area contributed by atoms with Crippen LogP contribution in [0.2, 0.25) is 5.02 Å². The number of fused-ring (bicyclic) bond motifs is 1. The SMILES string of the molecule is O=C(O)C/C(=C\c1ccccc1Cl)c1nc2ccccc2o1. The van der Waals surface area contributed by atoms with E-state index in [4.69, 9.17) is 21.1 Å². The molecule has 110 valence electrons. The van der Waals surface area contributed by atoms with Gasteiger partial charge in [-0.1, -0.05) is 41.9 Å². The normalized spacial score (nSPS) is 11.8. The summed E-state index contributed by atoms with van der Waals surface area (Å²) in [6.45, 7) is 0. The van der Waals surface area contributed by atoms with Crippen LogP contribution >= 0.6 is 11.6 Å². The zero-order valence-corrected chi connectivity index (χ0v) is 12.2. The second-order valence-electron chi connectivity index (χ2n) is 4.75. The van der Waals surface area contributed by atoms with Gasteiger partial charge in [0.1, 0.15) is 5.52 Å². The number of para-hydroxylation sites is 2. The molecule has 0 bridgehead atoms. The number of hydrogen-bond donors (Lipinski definition) is 1. The number of rotatable bonds is 4. The Labute approximate surface area is 131 Å². The predicted octanol–water partition coefficient (Wildman–Crippen LogP) is 4.50. The Hall–Kier alpha value is -2.59. The number of nitrogens with zero attached hydrogens (tertiary/aromatic N) is 1. The number of oxazole rings is 1. The number of hydrogen-bond acceptors (Lipinski definition) is 3. The second-order valence-corrected chi connectivity index (χ2v) is 5.16. The van der Waals surface area contributed by atoms with Crippen molar-refractivity contribution in [3.8, 4) is 0 Å². The Balaban J connectivity index is 2.10. The molecule has 1 aromatic heterocycles. The van der Waals surface area contributed by atoms with Gasteiger partial charge in [-0.2, -0.15) is 0 Å². The summed E-state index contributed by atoms with van der Waals surface area (Å²) in [6.07, 6.45) is 1.50. The van der Waals surface area contributed by atoms with Crippen LogP contribution in [0.5, 0.6) is 0 Å². The molecule has 4 nitrogen and oxygen atoms in total. The number of carboxylic acids is 1. The molecule has 3 aromatic rings. The number of carbonyl (C=O) groups is 1. The zero-order chi connectivity index (χ0) is 15.5. The minimum atomic E-state index is -0.958. The quantitative estimate of drug-likeness (QED) is 0.770. The number of halogens is 1. The van der Waals surface area contributed by atoms with Crippen LogP contribution < -0.4 is 0 Å². The summed E-state index contributed by atoms with van der Waals surface area (Å²) in [6, 6.07) is 14.5. The molecule has 0 amide bonds. The van der Waals surface area contributed by atoms with Crippen LogP contribution in [0, 0.1) is 0 Å². The van der Waals surface area contributed by atoms with Crippen molar-refractivity contribution in [1.82, 2.24) is 4.98 Å². The molecule has 0 saturated carbocycles. The van der Waals surface area contributed by atoms with E-state index in [0.29, 0.717) is 27.6 Å². The van der Waals surface area contributed by atoms with E-state index in [2.05, 4.69) is 4.98 Å². The highest BCUT2D eigenvalue weighted by molar-refractivity contribution is 6.32. The van der Waals surface area contributed by atoms with E-state index < -0.39 is 5.97 Å². The molecule has 0 saturated heterocycles. The first kappa shape index (κ1) is 14.4. The molecule has 5 heteroatoms. The van der Waals surface area contributed by atoms with Crippen molar-refractivity contribution < 1.29 is 14.3 Å². The highest BCUT2D eigenvalue weighted by atomic mass is 35.5. The number of aromatic nitrogens is 1. The molecule has 2 aromatic carbocycles. The van der Waals surface area contributed by atoms with Gasteiger partial charge >= 0.3 is 5.97 Å². The Morgan fingerprint density at radius 3 is 2.64 bits per heavy atom. The van der Waals surface area contributed by atoms with Gasteiger partial charge in [0.05, 0.1) is 6.42 Å². The van der Waals surface area contributed by atoms with Crippen molar-refractivity contribution >= 4 is 40.3 Å². The summed E-state index contributed by atoms with van der Waals surface area (Å²) < 4.78 is 5.66. The topological polar surface area (TPSA) is 63.3 Å². The summed E-state index contributed by atoms with van der Waals surface area (Å²) in [5, 5.41) is 9.67. The fourth-order valence-corrected chi connectivity index (χ4v) is 2.33. The van der Waals surface area contributed by atoms with E-state index in [1.165, 1.54) is 0 Å². The Kier molecular flexibility index (Phi) is 3.94. The van der Waals surface area contributed by atoms with E-state index in [-0.39, 0.29) is 6.42 Å². The zero-order valence-electron chi connectivity index (χ0n) is 11.5. The first-order chi connectivity index (χ1) is 10.6. The average molecular weight is 314 g/mol. The van der Waals surface area contributed by atoms with Crippen LogP contribution in [0.15, 0.2) is 52.9 Å². The highest BCUT2D eigenvalue weighted by Gasteiger charge is 2.14. The van der Waals surface area contributed by atoms with Crippen molar-refractivity contribution in [2.75, 3.05) is 0 Å². The molecule has 3 rings (SSSR count). The summed E-state index contributed by atoms with van der Waals surface area (Å²) in [7, 11) is 0. The average Bonchev–Trinajstić information content (AvgIpc) is 2.92. The maximum absolute atomic E-state index is 11.1. The molecule has 0 aliphatic carbocycles. The fraction of sp³-hybridized carbons (Fsp3) is 0.0588. The van der Waals surface area contributed by atoms with E-state index in [1.807, 2.05) is 36.4 Å². The van der Waals surface area contributed by atoms with Crippen molar-refractivity contribution in [3.05, 3.63) is 65.0 Å². The molecule has 0 radical (unpaired) electrons. The van der Waals surface area contributed by atoms with E-state index in [1.54, 1.807) is 18.2 Å². The summed E-state index contributed by atoms with van der Waals surface area (Å²) in [5.41, 5.74) is 2.50. The molecule has 0 atom stereocenters. The third kappa shape index (κ3) is 3.02. The van der Waals surface area contributed by atoms with Gasteiger partial charge in [-0.15, -0.1) is 0 Å². The number of aliphatic carboxylic acids is 1. The fourth-order valence-electron chi connectivity index (χ4n) is 2.14. The monoisotopic (exact) mass is 313 g/mol. The van der Waals surface area contributed by atoms with Gasteiger partial charge in [-0.25, -0.2) is 4.98 Å². The van der Waals surface area contributed by atoms with Crippen LogP contribution in [0.1, 0.15) is 17.9 Å². The minimum absolute atomic E-state index is 0.196. The molecular weight excluding hydrogens is 302 g/mol. The largest absolute Gasteiger partial charge is 0.481 e. The van der Waals surface area contributed by atoms with Crippen molar-refractivity contribution in [3.63, 3.8) is 0 Å². The lowest BCUT2D eigenvalue weighted by Crippen LogP contribution is -1.97. The molecule has 0 unspecified atom stereocenters. The minimum Gasteiger partial charge on any atom is -0.481 e. The lowest BCUT2D eigenvalue weighted by Gasteiger charge is -2.02. The second kappa shape index (κ2) is 6.03. The lowest BCUT2D eigenvalue weighted by atomic mass is 10.1. The van der Waals surface area contributed by atoms with Gasteiger partial charge in [0.15, 0.2) is 5.58 Å². The van der Waals surface area contributed by atoms with Gasteiger partial charge in [-0.05, 0) is 29.8 Å². The van der Waals surface area contributed by atoms with Crippen molar-refractivity contribution in [2.24, 2.45) is 0 Å². The third-order valence-corrected chi connectivity index (χ3v) is 3.49. The molecule has 0 fully saturated rings. The smallest absolute Gasteiger partial charge is 0.308 e. The highest BCUT2D eigenvalue weighted by Crippen LogP contribution is 2.27. The molecule has 0 aliphatic heterocycles. The Bertz CT molecular complexity index is 834. The first-order valence-corrected chi connectivity index (χ1v) is 7.04. The molecule has 0 spiro atoms. The number of benzene rings is 2. The third-order valence-electron chi connectivity index (χ3n) is 3.15. The Morgan fingerprint density at radius 1 is 1.18 bits per heavy atom. The van der Waals surface area contributed by atoms with Crippen LogP contribution in [-0.2, 0) is 4.79 Å². The standard InChI is InChI=1S/C17H12ClNO3/c18-13-6-2-1-5-11(13)9-12(10-16(20)21)17-19-14-7-3-4-8-15(14)22-17/h1-9H,10H2,(H,20,21)/b12-9+. The summed E-state index contributed by atoms with van der Waals surface area (Å²) in [4.78, 5) is 15.5. The molecular formula is C17H12ClNO3. The maximum Gasteiger partial charge on any atom is 0.308 e. The van der Waals surface area contributed by atoms with Crippen molar-refractivity contribution in [1.29, 1.82) is 0 Å². The first-order valence-electron chi connectivity index (χ1n) is 6.66. The van der Waals surface area contributed by atoms with E-state index in [0.717, 1.165) is 5.56 Å². The molecule has 22 heavy (non-hydrogen) atoms. The van der Waals surface area contributed by atoms with Gasteiger partial charge in [-0.3, -0.25) is 4.79 Å². The predicted molar refractivity (Wildman–Crippen MR) is 85.6 cm³/mol. The van der Waals surface area contributed by atoms with Gasteiger partial charge < -0.3 is 9.52 Å². The van der Waals surface area contributed by atoms with Gasteiger partial charge in [0, 0.05) is 10.6 Å². The maximum atomic E-state index is 11.1. The molecule has 1 heterocycles. The van der Waals surface area contributed by atoms with E-state index >= 15 is 0 Å². The van der Waals surface area contributed by atoms with Crippen LogP contribution in [0.25, 0.3) is 22.7 Å². The summed E-state index contributed by atoms with van der Waals surface area (Å²) >= 11 is 6.13. The van der Waals surface area contributed by atoms with Crippen LogP contribution in [0.4, 0.5) is 0 Å². The van der Waals surface area contributed by atoms with Gasteiger partial charge in [0.2, 0.25) is 5.89 Å². The lowest BCUT2D eigenvalue weighted by molar-refractivity contribution is -0.135. The number of carboxylic acid groups (broad SMARTS) is 1. The van der Waals surface area contributed by atoms with Crippen LogP contribution in [-0.4, -0.2) is 16.1 Å². The summed E-state index contributed by atoms with van der Waals surface area (Å²) in [5.74, 6) is -0.663. The molecule has 0 aliphatic rings. The Morgan fingerprint density at radius 2 is 1.91 bits per heavy atom. The van der Waals surface area contributed by atoms with Gasteiger partial charge in [0.25, 0.3) is 0 Å².